The standard InChI is InChI=1S/C11H13ClO2S.C6H11Cl/c1-10(9-12)7-8-15(13,14)11-5-3-2-4-6-11;1-3-6(2)4-5-7/h2-7H,8-9H2,1H3;4H,3,5H2,1-2H3/b10-7+;6-4-. The zero-order valence-electron chi connectivity index (χ0n) is 13.4. The van der Waals surface area contributed by atoms with Gasteiger partial charge in [-0.1, -0.05) is 48.4 Å². The van der Waals surface area contributed by atoms with Crippen molar-refractivity contribution >= 4 is 33.0 Å². The Morgan fingerprint density at radius 1 is 1.05 bits per heavy atom. The van der Waals surface area contributed by atoms with Crippen LogP contribution in [0.3, 0.4) is 0 Å². The van der Waals surface area contributed by atoms with Crippen LogP contribution < -0.4 is 0 Å². The quantitative estimate of drug-likeness (QED) is 0.512. The van der Waals surface area contributed by atoms with Crippen LogP contribution in [0, 0.1) is 0 Å². The summed E-state index contributed by atoms with van der Waals surface area (Å²) in [7, 11) is -3.20. The molecule has 0 unspecified atom stereocenters. The third-order valence-electron chi connectivity index (χ3n) is 2.95. The third kappa shape index (κ3) is 9.29. The Labute approximate surface area is 144 Å². The van der Waals surface area contributed by atoms with Crippen LogP contribution in [0.2, 0.25) is 0 Å². The lowest BCUT2D eigenvalue weighted by Crippen LogP contribution is -2.05. The second-order valence-electron chi connectivity index (χ2n) is 4.84. The van der Waals surface area contributed by atoms with Gasteiger partial charge in [-0.2, -0.15) is 0 Å². The molecule has 5 heteroatoms. The molecule has 1 rings (SSSR count). The van der Waals surface area contributed by atoms with Gasteiger partial charge in [-0.15, -0.1) is 23.2 Å². The van der Waals surface area contributed by atoms with Crippen LogP contribution in [0.5, 0.6) is 0 Å². The summed E-state index contributed by atoms with van der Waals surface area (Å²) in [6.45, 7) is 6.02. The summed E-state index contributed by atoms with van der Waals surface area (Å²) in [5.41, 5.74) is 2.24. The first-order valence-corrected chi connectivity index (χ1v) is 9.80. The molecule has 22 heavy (non-hydrogen) atoms. The van der Waals surface area contributed by atoms with E-state index >= 15 is 0 Å². The fraction of sp³-hybridized carbons (Fsp3) is 0.412. The van der Waals surface area contributed by atoms with Gasteiger partial charge in [0.15, 0.2) is 9.84 Å². The highest BCUT2D eigenvalue weighted by atomic mass is 35.5. The zero-order valence-corrected chi connectivity index (χ0v) is 15.7. The van der Waals surface area contributed by atoms with Crippen LogP contribution in [0.4, 0.5) is 0 Å². The van der Waals surface area contributed by atoms with Gasteiger partial charge in [-0.3, -0.25) is 0 Å². The Bertz CT molecular complexity index is 576. The first kappa shape index (κ1) is 21.2. The fourth-order valence-corrected chi connectivity index (χ4v) is 2.95. The summed E-state index contributed by atoms with van der Waals surface area (Å²) in [5, 5.41) is 0. The highest BCUT2D eigenvalue weighted by Gasteiger charge is 2.11. The predicted octanol–water partition coefficient (Wildman–Crippen LogP) is 5.23. The normalized spacial score (nSPS) is 12.6. The highest BCUT2D eigenvalue weighted by Crippen LogP contribution is 2.11. The molecule has 0 radical (unpaired) electrons. The number of hydrogen-bond donors (Lipinski definition) is 0. The maximum Gasteiger partial charge on any atom is 0.181 e. The Morgan fingerprint density at radius 3 is 2.05 bits per heavy atom. The molecular formula is C17H24Cl2O2S. The Hall–Kier alpha value is -0.770. The van der Waals surface area contributed by atoms with Gasteiger partial charge in [-0.25, -0.2) is 8.42 Å². The predicted molar refractivity (Wildman–Crippen MR) is 97.7 cm³/mol. The molecule has 0 atom stereocenters. The molecule has 2 nitrogen and oxygen atoms in total. The first-order chi connectivity index (χ1) is 10.4. The average Bonchev–Trinajstić information content (AvgIpc) is 2.54. The lowest BCUT2D eigenvalue weighted by Gasteiger charge is -2.01. The summed E-state index contributed by atoms with van der Waals surface area (Å²) in [5.74, 6) is 1.03. The SMILES string of the molecule is C/C(=C\CS(=O)(=O)c1ccccc1)CCl.CC/C(C)=C\CCl. The third-order valence-corrected chi connectivity index (χ3v) is 5.12. The molecule has 0 N–H and O–H groups in total. The van der Waals surface area contributed by atoms with Gasteiger partial charge in [0.2, 0.25) is 0 Å². The maximum absolute atomic E-state index is 11.8. The smallest absolute Gasteiger partial charge is 0.181 e. The molecule has 0 heterocycles. The second-order valence-corrected chi connectivity index (χ2v) is 7.45. The average molecular weight is 363 g/mol. The summed E-state index contributed by atoms with van der Waals surface area (Å²) < 4.78 is 23.5. The van der Waals surface area contributed by atoms with E-state index in [0.717, 1.165) is 12.0 Å². The van der Waals surface area contributed by atoms with E-state index in [1.165, 1.54) is 5.57 Å². The van der Waals surface area contributed by atoms with E-state index in [1.807, 2.05) is 13.0 Å². The molecule has 0 fully saturated rings. The van der Waals surface area contributed by atoms with Gasteiger partial charge < -0.3 is 0 Å². The van der Waals surface area contributed by atoms with Crippen molar-refractivity contribution in [3.8, 4) is 0 Å². The number of alkyl halides is 2. The number of sulfone groups is 1. The number of allylic oxidation sites excluding steroid dienone is 3. The Kier molecular flexibility index (Phi) is 11.3. The Balaban J connectivity index is 0.000000534. The molecule has 1 aromatic carbocycles. The Morgan fingerprint density at radius 2 is 1.64 bits per heavy atom. The molecule has 0 aliphatic heterocycles. The van der Waals surface area contributed by atoms with Crippen LogP contribution in [-0.4, -0.2) is 25.9 Å². The van der Waals surface area contributed by atoms with Crippen LogP contribution in [-0.2, 0) is 9.84 Å². The largest absolute Gasteiger partial charge is 0.223 e. The van der Waals surface area contributed by atoms with Crippen molar-refractivity contribution in [2.45, 2.75) is 32.1 Å². The van der Waals surface area contributed by atoms with Crippen LogP contribution >= 0.6 is 23.2 Å². The fourth-order valence-electron chi connectivity index (χ4n) is 1.31. The summed E-state index contributed by atoms with van der Waals surface area (Å²) in [6.07, 6.45) is 4.80. The maximum atomic E-state index is 11.8. The molecule has 0 aromatic heterocycles. The van der Waals surface area contributed by atoms with Gasteiger partial charge in [0, 0.05) is 11.8 Å². The number of rotatable bonds is 6. The van der Waals surface area contributed by atoms with Crippen molar-refractivity contribution in [1.82, 2.24) is 0 Å². The number of halogens is 2. The summed E-state index contributed by atoms with van der Waals surface area (Å²) in [4.78, 5) is 0.351. The van der Waals surface area contributed by atoms with Crippen molar-refractivity contribution in [3.63, 3.8) is 0 Å². The zero-order chi connectivity index (χ0) is 17.0. The number of benzene rings is 1. The van der Waals surface area contributed by atoms with Gasteiger partial charge in [-0.05, 0) is 32.4 Å². The van der Waals surface area contributed by atoms with E-state index in [4.69, 9.17) is 23.2 Å². The monoisotopic (exact) mass is 362 g/mol. The molecular weight excluding hydrogens is 339 g/mol. The van der Waals surface area contributed by atoms with Crippen LogP contribution in [0.1, 0.15) is 27.2 Å². The molecule has 0 saturated heterocycles. The van der Waals surface area contributed by atoms with Crippen molar-refractivity contribution in [2.75, 3.05) is 17.5 Å². The highest BCUT2D eigenvalue weighted by molar-refractivity contribution is 7.91. The van der Waals surface area contributed by atoms with Crippen molar-refractivity contribution < 1.29 is 8.42 Å². The van der Waals surface area contributed by atoms with E-state index in [0.29, 0.717) is 16.7 Å². The first-order valence-electron chi connectivity index (χ1n) is 7.08. The van der Waals surface area contributed by atoms with Crippen LogP contribution in [0.15, 0.2) is 58.5 Å². The molecule has 0 amide bonds. The molecule has 124 valence electrons. The lowest BCUT2D eigenvalue weighted by atomic mass is 10.2. The van der Waals surface area contributed by atoms with Crippen molar-refractivity contribution in [3.05, 3.63) is 53.6 Å². The van der Waals surface area contributed by atoms with E-state index in [-0.39, 0.29) is 5.75 Å². The molecule has 0 saturated carbocycles. The van der Waals surface area contributed by atoms with Crippen LogP contribution in [0.25, 0.3) is 0 Å². The van der Waals surface area contributed by atoms with E-state index in [9.17, 15) is 8.42 Å². The summed E-state index contributed by atoms with van der Waals surface area (Å²) in [6, 6.07) is 8.41. The number of hydrogen-bond acceptors (Lipinski definition) is 2. The minimum absolute atomic E-state index is 0.00949. The minimum atomic E-state index is -3.20. The van der Waals surface area contributed by atoms with Gasteiger partial charge in [0.1, 0.15) is 0 Å². The van der Waals surface area contributed by atoms with E-state index < -0.39 is 9.84 Å². The van der Waals surface area contributed by atoms with Gasteiger partial charge >= 0.3 is 0 Å². The molecule has 0 bridgehead atoms. The second kappa shape index (κ2) is 11.8. The molecule has 0 aliphatic carbocycles. The minimum Gasteiger partial charge on any atom is -0.223 e. The lowest BCUT2D eigenvalue weighted by molar-refractivity contribution is 0.599. The van der Waals surface area contributed by atoms with Gasteiger partial charge in [0.25, 0.3) is 0 Å². The molecule has 0 spiro atoms. The van der Waals surface area contributed by atoms with Crippen molar-refractivity contribution in [1.29, 1.82) is 0 Å². The van der Waals surface area contributed by atoms with E-state index in [1.54, 1.807) is 36.4 Å². The van der Waals surface area contributed by atoms with Crippen molar-refractivity contribution in [2.24, 2.45) is 0 Å². The van der Waals surface area contributed by atoms with Gasteiger partial charge in [0.05, 0.1) is 10.6 Å². The molecule has 1 aromatic rings. The molecule has 0 aliphatic rings. The summed E-state index contributed by atoms with van der Waals surface area (Å²) >= 11 is 11.0. The topological polar surface area (TPSA) is 34.1 Å². The van der Waals surface area contributed by atoms with E-state index in [2.05, 4.69) is 13.8 Å².